The van der Waals surface area contributed by atoms with Crippen LogP contribution < -0.4 is 0 Å². The first kappa shape index (κ1) is 49.8. The van der Waals surface area contributed by atoms with E-state index < -0.39 is 0 Å². The average Bonchev–Trinajstić information content (AvgIpc) is 3.13. The van der Waals surface area contributed by atoms with Gasteiger partial charge in [0.15, 0.2) is 0 Å². The number of ether oxygens (including phenoxy) is 6. The number of unbranched alkanes of at least 4 members (excludes halogenated alkanes) is 28. The molecule has 0 N–H and O–H groups in total. The number of hydrogen-bond acceptors (Lipinski definition) is 6. The molecule has 0 amide bonds. The van der Waals surface area contributed by atoms with Crippen LogP contribution in [-0.2, 0) is 28.4 Å². The second kappa shape index (κ2) is 48.8. The van der Waals surface area contributed by atoms with E-state index >= 15 is 0 Å². The third-order valence-electron chi connectivity index (χ3n) is 9.64. The van der Waals surface area contributed by atoms with Gasteiger partial charge in [-0.25, -0.2) is 0 Å². The van der Waals surface area contributed by atoms with Crippen molar-refractivity contribution in [3.05, 3.63) is 0 Å². The summed E-state index contributed by atoms with van der Waals surface area (Å²) >= 11 is 0. The Morgan fingerprint density at radius 3 is 0.480 bits per heavy atom. The summed E-state index contributed by atoms with van der Waals surface area (Å²) in [5, 5.41) is 0. The lowest BCUT2D eigenvalue weighted by atomic mass is 10.0. The molecule has 0 heterocycles. The minimum atomic E-state index is 0.585. The SMILES string of the molecule is CCCCCCCCCCCCCCCCCCOCCOCCOCCOCCOCCOCCCCCCCCCCCCCCCC. The highest BCUT2D eigenvalue weighted by Gasteiger charge is 1.98. The third-order valence-corrected chi connectivity index (χ3v) is 9.64. The van der Waals surface area contributed by atoms with Crippen LogP contribution in [0.2, 0.25) is 0 Å². The molecule has 0 atom stereocenters. The second-order valence-electron chi connectivity index (χ2n) is 14.6. The predicted octanol–water partition coefficient (Wildman–Crippen LogP) is 12.8. The molecule has 302 valence electrons. The van der Waals surface area contributed by atoms with E-state index in [0.717, 1.165) is 13.2 Å². The highest BCUT2D eigenvalue weighted by molar-refractivity contribution is 4.51. The maximum atomic E-state index is 5.71. The molecule has 6 heteroatoms. The Labute approximate surface area is 313 Å². The molecule has 0 unspecified atom stereocenters. The van der Waals surface area contributed by atoms with E-state index in [2.05, 4.69) is 13.8 Å². The summed E-state index contributed by atoms with van der Waals surface area (Å²) in [5.74, 6) is 0. The van der Waals surface area contributed by atoms with Crippen LogP contribution in [0.1, 0.15) is 206 Å². The summed E-state index contributed by atoms with van der Waals surface area (Å²) in [5.41, 5.74) is 0. The van der Waals surface area contributed by atoms with Crippen LogP contribution in [0.4, 0.5) is 0 Å². The normalized spacial score (nSPS) is 11.6. The van der Waals surface area contributed by atoms with E-state index in [0.29, 0.717) is 66.1 Å². The van der Waals surface area contributed by atoms with Gasteiger partial charge in [-0.2, -0.15) is 0 Å². The van der Waals surface area contributed by atoms with Crippen molar-refractivity contribution in [2.45, 2.75) is 206 Å². The second-order valence-corrected chi connectivity index (χ2v) is 14.6. The van der Waals surface area contributed by atoms with Gasteiger partial charge in [0, 0.05) is 13.2 Å². The summed E-state index contributed by atoms with van der Waals surface area (Å²) in [6.07, 6.45) is 41.8. The monoisotopic (exact) mass is 715 g/mol. The van der Waals surface area contributed by atoms with Crippen LogP contribution in [0.5, 0.6) is 0 Å². The lowest BCUT2D eigenvalue weighted by Gasteiger charge is -2.08. The first-order valence-corrected chi connectivity index (χ1v) is 22.4. The van der Waals surface area contributed by atoms with Crippen LogP contribution in [0.15, 0.2) is 0 Å². The maximum absolute atomic E-state index is 5.71. The van der Waals surface area contributed by atoms with Crippen LogP contribution in [0, 0.1) is 0 Å². The van der Waals surface area contributed by atoms with Crippen molar-refractivity contribution in [1.29, 1.82) is 0 Å². The summed E-state index contributed by atoms with van der Waals surface area (Å²) in [6, 6.07) is 0. The van der Waals surface area contributed by atoms with Crippen molar-refractivity contribution >= 4 is 0 Å². The minimum Gasteiger partial charge on any atom is -0.379 e. The summed E-state index contributed by atoms with van der Waals surface area (Å²) in [6.45, 7) is 12.5. The van der Waals surface area contributed by atoms with E-state index in [1.165, 1.54) is 193 Å². The largest absolute Gasteiger partial charge is 0.379 e. The van der Waals surface area contributed by atoms with Crippen LogP contribution in [0.3, 0.4) is 0 Å². The Morgan fingerprint density at radius 1 is 0.160 bits per heavy atom. The van der Waals surface area contributed by atoms with Crippen molar-refractivity contribution in [2.24, 2.45) is 0 Å². The zero-order chi connectivity index (χ0) is 35.9. The van der Waals surface area contributed by atoms with E-state index in [1.54, 1.807) is 0 Å². The third kappa shape index (κ3) is 47.8. The van der Waals surface area contributed by atoms with Gasteiger partial charge < -0.3 is 28.4 Å². The lowest BCUT2D eigenvalue weighted by Crippen LogP contribution is -2.14. The van der Waals surface area contributed by atoms with Crippen molar-refractivity contribution in [3.63, 3.8) is 0 Å². The fraction of sp³-hybridized carbons (Fsp3) is 1.00. The van der Waals surface area contributed by atoms with E-state index in [9.17, 15) is 0 Å². The molecule has 50 heavy (non-hydrogen) atoms. The fourth-order valence-corrected chi connectivity index (χ4v) is 6.35. The Hall–Kier alpha value is -0.240. The Morgan fingerprint density at radius 2 is 0.300 bits per heavy atom. The Kier molecular flexibility index (Phi) is 48.5. The predicted molar refractivity (Wildman–Crippen MR) is 215 cm³/mol. The summed E-state index contributed by atoms with van der Waals surface area (Å²) in [7, 11) is 0. The van der Waals surface area contributed by atoms with Gasteiger partial charge in [0.05, 0.1) is 66.1 Å². The molecule has 0 aromatic heterocycles. The molecule has 6 nitrogen and oxygen atoms in total. The molecule has 0 spiro atoms. The number of rotatable bonds is 47. The van der Waals surface area contributed by atoms with Crippen molar-refractivity contribution in [2.75, 3.05) is 79.3 Å². The molecule has 0 aliphatic heterocycles. The molecule has 0 bridgehead atoms. The maximum Gasteiger partial charge on any atom is 0.0701 e. The Balaban J connectivity index is 3.04. The molecule has 0 fully saturated rings. The minimum absolute atomic E-state index is 0.585. The van der Waals surface area contributed by atoms with Gasteiger partial charge in [-0.1, -0.05) is 194 Å². The molecule has 0 saturated carbocycles. The zero-order valence-corrected chi connectivity index (χ0v) is 34.1. The molecule has 0 aliphatic carbocycles. The molecular formula is C44H90O6. The van der Waals surface area contributed by atoms with Crippen LogP contribution >= 0.6 is 0 Å². The van der Waals surface area contributed by atoms with Crippen molar-refractivity contribution in [3.8, 4) is 0 Å². The molecule has 0 aliphatic rings. The van der Waals surface area contributed by atoms with Gasteiger partial charge in [-0.3, -0.25) is 0 Å². The van der Waals surface area contributed by atoms with E-state index in [1.807, 2.05) is 0 Å². The molecule has 0 aromatic carbocycles. The standard InChI is InChI=1S/C44H90O6/c1-3-5-7-9-11-13-15-17-19-20-22-24-26-28-30-32-34-46-36-38-48-40-42-50-44-43-49-41-39-47-37-35-45-33-31-29-27-25-23-21-18-16-14-12-10-8-6-4-2/h3-44H2,1-2H3. The highest BCUT2D eigenvalue weighted by atomic mass is 16.6. The van der Waals surface area contributed by atoms with Gasteiger partial charge in [0.2, 0.25) is 0 Å². The van der Waals surface area contributed by atoms with Crippen LogP contribution in [0.25, 0.3) is 0 Å². The molecular weight excluding hydrogens is 624 g/mol. The molecule has 0 radical (unpaired) electrons. The smallest absolute Gasteiger partial charge is 0.0701 e. The van der Waals surface area contributed by atoms with E-state index in [-0.39, 0.29) is 0 Å². The quantitative estimate of drug-likeness (QED) is 0.0585. The first-order valence-electron chi connectivity index (χ1n) is 22.4. The summed E-state index contributed by atoms with van der Waals surface area (Å²) < 4.78 is 33.7. The topological polar surface area (TPSA) is 55.4 Å². The first-order chi connectivity index (χ1) is 24.9. The van der Waals surface area contributed by atoms with Gasteiger partial charge in [-0.05, 0) is 12.8 Å². The van der Waals surface area contributed by atoms with Gasteiger partial charge in [-0.15, -0.1) is 0 Å². The van der Waals surface area contributed by atoms with Crippen LogP contribution in [-0.4, -0.2) is 79.3 Å². The zero-order valence-electron chi connectivity index (χ0n) is 34.1. The van der Waals surface area contributed by atoms with Gasteiger partial charge >= 0.3 is 0 Å². The average molecular weight is 715 g/mol. The van der Waals surface area contributed by atoms with Gasteiger partial charge in [0.25, 0.3) is 0 Å². The molecule has 0 saturated heterocycles. The van der Waals surface area contributed by atoms with Crippen molar-refractivity contribution in [1.82, 2.24) is 0 Å². The van der Waals surface area contributed by atoms with E-state index in [4.69, 9.17) is 28.4 Å². The Bertz CT molecular complexity index is 515. The molecule has 0 aromatic rings. The number of hydrogen-bond donors (Lipinski definition) is 0. The molecule has 0 rings (SSSR count). The summed E-state index contributed by atoms with van der Waals surface area (Å²) in [4.78, 5) is 0. The lowest BCUT2D eigenvalue weighted by molar-refractivity contribution is -0.0169. The highest BCUT2D eigenvalue weighted by Crippen LogP contribution is 2.15. The fourth-order valence-electron chi connectivity index (χ4n) is 6.35. The van der Waals surface area contributed by atoms with Crippen molar-refractivity contribution < 1.29 is 28.4 Å². The van der Waals surface area contributed by atoms with Gasteiger partial charge in [0.1, 0.15) is 0 Å².